The van der Waals surface area contributed by atoms with Crippen LogP contribution in [0.3, 0.4) is 0 Å². The van der Waals surface area contributed by atoms with Crippen molar-refractivity contribution in [2.75, 3.05) is 33.2 Å². The Labute approximate surface area is 160 Å². The van der Waals surface area contributed by atoms with Crippen molar-refractivity contribution in [3.8, 4) is 0 Å². The van der Waals surface area contributed by atoms with E-state index in [1.165, 1.54) is 5.56 Å². The van der Waals surface area contributed by atoms with Crippen molar-refractivity contribution in [3.05, 3.63) is 77.5 Å². The third-order valence-corrected chi connectivity index (χ3v) is 5.30. The van der Waals surface area contributed by atoms with Crippen LogP contribution >= 0.6 is 0 Å². The number of hydrogen-bond donors (Lipinski definition) is 1. The maximum atomic E-state index is 12.6. The number of rotatable bonds is 5. The largest absolute Gasteiger partial charge is 0.361 e. The van der Waals surface area contributed by atoms with Gasteiger partial charge >= 0.3 is 0 Å². The van der Waals surface area contributed by atoms with Crippen molar-refractivity contribution < 1.29 is 4.79 Å². The van der Waals surface area contributed by atoms with E-state index in [0.717, 1.165) is 54.8 Å². The number of likely N-dealkylation sites (N-methyl/N-ethyl adjacent to an activating group) is 1. The van der Waals surface area contributed by atoms with Gasteiger partial charge in [-0.1, -0.05) is 30.3 Å². The number of benzene rings is 2. The highest BCUT2D eigenvalue weighted by Gasteiger charge is 2.14. The molecule has 2 aromatic carbocycles. The second kappa shape index (κ2) is 7.91. The number of ketones is 1. The van der Waals surface area contributed by atoms with Gasteiger partial charge in [0, 0.05) is 55.4 Å². The predicted molar refractivity (Wildman–Crippen MR) is 111 cm³/mol. The van der Waals surface area contributed by atoms with E-state index in [2.05, 4.69) is 40.0 Å². The SMILES string of the molecule is CN1CCN(Cc2ccccc2C=CC(=O)c2ccc3[nH]ccc3c2)CC1. The van der Waals surface area contributed by atoms with Gasteiger partial charge < -0.3 is 9.88 Å². The summed E-state index contributed by atoms with van der Waals surface area (Å²) in [5.74, 6) is 0.0347. The van der Waals surface area contributed by atoms with Crippen LogP contribution in [0.1, 0.15) is 21.5 Å². The molecule has 0 amide bonds. The van der Waals surface area contributed by atoms with Crippen LogP contribution in [0.4, 0.5) is 0 Å². The second-order valence-electron chi connectivity index (χ2n) is 7.26. The average Bonchev–Trinajstić information content (AvgIpc) is 3.16. The van der Waals surface area contributed by atoms with Crippen LogP contribution in [0.5, 0.6) is 0 Å². The van der Waals surface area contributed by atoms with Crippen LogP contribution < -0.4 is 0 Å². The standard InChI is InChI=1S/C23H25N3O/c1-25-12-14-26(15-13-25)17-21-5-3-2-4-18(21)7-9-23(27)20-6-8-22-19(16-20)10-11-24-22/h2-11,16,24H,12-15,17H2,1H3. The van der Waals surface area contributed by atoms with Crippen LogP contribution in [-0.4, -0.2) is 53.8 Å². The van der Waals surface area contributed by atoms with Gasteiger partial charge in [0.15, 0.2) is 5.78 Å². The molecule has 138 valence electrons. The number of hydrogen-bond acceptors (Lipinski definition) is 3. The monoisotopic (exact) mass is 359 g/mol. The topological polar surface area (TPSA) is 39.3 Å². The number of nitrogens with one attached hydrogen (secondary N) is 1. The van der Waals surface area contributed by atoms with Gasteiger partial charge in [-0.15, -0.1) is 0 Å². The lowest BCUT2D eigenvalue weighted by atomic mass is 10.0. The van der Waals surface area contributed by atoms with E-state index >= 15 is 0 Å². The maximum absolute atomic E-state index is 12.6. The van der Waals surface area contributed by atoms with Crippen LogP contribution in [0, 0.1) is 0 Å². The number of nitrogens with zero attached hydrogens (tertiary/aromatic N) is 2. The first-order valence-electron chi connectivity index (χ1n) is 9.47. The van der Waals surface area contributed by atoms with Gasteiger partial charge in [-0.3, -0.25) is 9.69 Å². The number of piperazine rings is 1. The van der Waals surface area contributed by atoms with Crippen molar-refractivity contribution in [2.45, 2.75) is 6.54 Å². The Kier molecular flexibility index (Phi) is 5.19. The van der Waals surface area contributed by atoms with Gasteiger partial charge in [0.1, 0.15) is 0 Å². The highest BCUT2D eigenvalue weighted by molar-refractivity contribution is 6.08. The number of allylic oxidation sites excluding steroid dienone is 1. The predicted octanol–water partition coefficient (Wildman–Crippen LogP) is 3.81. The molecule has 0 aliphatic carbocycles. The molecule has 1 aliphatic rings. The maximum Gasteiger partial charge on any atom is 0.185 e. The first kappa shape index (κ1) is 17.7. The number of H-pyrrole nitrogens is 1. The van der Waals surface area contributed by atoms with Gasteiger partial charge in [0.05, 0.1) is 0 Å². The summed E-state index contributed by atoms with van der Waals surface area (Å²) in [5.41, 5.74) is 4.16. The van der Waals surface area contributed by atoms with E-state index in [9.17, 15) is 4.79 Å². The van der Waals surface area contributed by atoms with E-state index in [4.69, 9.17) is 0 Å². The van der Waals surface area contributed by atoms with E-state index < -0.39 is 0 Å². The molecule has 1 fully saturated rings. The third-order valence-electron chi connectivity index (χ3n) is 5.30. The molecule has 1 N–H and O–H groups in total. The molecule has 4 nitrogen and oxygen atoms in total. The Balaban J connectivity index is 1.49. The summed E-state index contributed by atoms with van der Waals surface area (Å²) in [6.07, 6.45) is 5.54. The smallest absolute Gasteiger partial charge is 0.185 e. The molecular weight excluding hydrogens is 334 g/mol. The average molecular weight is 359 g/mol. The Hall–Kier alpha value is -2.69. The van der Waals surface area contributed by atoms with Gasteiger partial charge in [-0.25, -0.2) is 0 Å². The highest BCUT2D eigenvalue weighted by Crippen LogP contribution is 2.17. The van der Waals surface area contributed by atoms with Crippen molar-refractivity contribution in [2.24, 2.45) is 0 Å². The van der Waals surface area contributed by atoms with Crippen molar-refractivity contribution in [1.29, 1.82) is 0 Å². The summed E-state index contributed by atoms with van der Waals surface area (Å²) in [6, 6.07) is 16.1. The first-order valence-corrected chi connectivity index (χ1v) is 9.47. The van der Waals surface area contributed by atoms with Gasteiger partial charge in [0.2, 0.25) is 0 Å². The molecule has 1 aliphatic heterocycles. The Morgan fingerprint density at radius 3 is 2.74 bits per heavy atom. The molecular formula is C23H25N3O. The molecule has 0 saturated carbocycles. The molecule has 3 aromatic rings. The number of aromatic nitrogens is 1. The molecule has 1 aromatic heterocycles. The summed E-state index contributed by atoms with van der Waals surface area (Å²) in [4.78, 5) is 20.6. The van der Waals surface area contributed by atoms with Crippen molar-refractivity contribution in [1.82, 2.24) is 14.8 Å². The third kappa shape index (κ3) is 4.18. The lowest BCUT2D eigenvalue weighted by molar-refractivity contribution is 0.104. The number of aromatic amines is 1. The fraction of sp³-hybridized carbons (Fsp3) is 0.261. The minimum atomic E-state index is 0.0347. The van der Waals surface area contributed by atoms with Gasteiger partial charge in [-0.05, 0) is 48.5 Å². The molecule has 2 heterocycles. The Bertz CT molecular complexity index is 964. The molecule has 0 spiro atoms. The number of carbonyl (C=O) groups is 1. The lowest BCUT2D eigenvalue weighted by Crippen LogP contribution is -2.43. The fourth-order valence-electron chi connectivity index (χ4n) is 3.56. The zero-order valence-corrected chi connectivity index (χ0v) is 15.7. The lowest BCUT2D eigenvalue weighted by Gasteiger charge is -2.32. The van der Waals surface area contributed by atoms with Crippen molar-refractivity contribution >= 4 is 22.8 Å². The van der Waals surface area contributed by atoms with Crippen LogP contribution in [-0.2, 0) is 6.54 Å². The molecule has 1 saturated heterocycles. The minimum absolute atomic E-state index is 0.0347. The van der Waals surface area contributed by atoms with Crippen LogP contribution in [0.2, 0.25) is 0 Å². The van der Waals surface area contributed by atoms with Gasteiger partial charge in [0.25, 0.3) is 0 Å². The second-order valence-corrected chi connectivity index (χ2v) is 7.26. The normalized spacial score (nSPS) is 16.3. The summed E-state index contributed by atoms with van der Waals surface area (Å²) in [7, 11) is 2.17. The van der Waals surface area contributed by atoms with Gasteiger partial charge in [-0.2, -0.15) is 0 Å². The van der Waals surface area contributed by atoms with E-state index in [1.807, 2.05) is 42.6 Å². The minimum Gasteiger partial charge on any atom is -0.361 e. The highest BCUT2D eigenvalue weighted by atomic mass is 16.1. The van der Waals surface area contributed by atoms with Crippen LogP contribution in [0.15, 0.2) is 60.8 Å². The molecule has 0 atom stereocenters. The molecule has 4 heteroatoms. The summed E-state index contributed by atoms with van der Waals surface area (Å²) >= 11 is 0. The Morgan fingerprint density at radius 1 is 1.07 bits per heavy atom. The van der Waals surface area contributed by atoms with E-state index in [-0.39, 0.29) is 5.78 Å². The quantitative estimate of drug-likeness (QED) is 0.556. The molecule has 0 radical (unpaired) electrons. The van der Waals surface area contributed by atoms with E-state index in [1.54, 1.807) is 6.08 Å². The summed E-state index contributed by atoms with van der Waals surface area (Å²) in [6.45, 7) is 5.32. The molecule has 0 unspecified atom stereocenters. The summed E-state index contributed by atoms with van der Waals surface area (Å²) < 4.78 is 0. The zero-order valence-electron chi connectivity index (χ0n) is 15.7. The van der Waals surface area contributed by atoms with Crippen LogP contribution in [0.25, 0.3) is 17.0 Å². The fourth-order valence-corrected chi connectivity index (χ4v) is 3.56. The van der Waals surface area contributed by atoms with E-state index in [0.29, 0.717) is 0 Å². The number of carbonyl (C=O) groups excluding carboxylic acids is 1. The zero-order chi connectivity index (χ0) is 18.6. The summed E-state index contributed by atoms with van der Waals surface area (Å²) in [5, 5.41) is 1.06. The first-order chi connectivity index (χ1) is 13.2. The molecule has 0 bridgehead atoms. The Morgan fingerprint density at radius 2 is 1.89 bits per heavy atom. The van der Waals surface area contributed by atoms with Crippen molar-refractivity contribution in [3.63, 3.8) is 0 Å². The molecule has 27 heavy (non-hydrogen) atoms. The number of fused-ring (bicyclic) bond motifs is 1. The molecule has 4 rings (SSSR count).